The zero-order valence-corrected chi connectivity index (χ0v) is 12.1. The van der Waals surface area contributed by atoms with Crippen molar-refractivity contribution in [3.63, 3.8) is 0 Å². The number of esters is 2. The highest BCUT2D eigenvalue weighted by Gasteiger charge is 2.20. The number of ether oxygens (including phenoxy) is 2. The first-order chi connectivity index (χ1) is 9.25. The third kappa shape index (κ3) is 7.45. The monoisotopic (exact) mass is 284 g/mol. The van der Waals surface area contributed by atoms with Gasteiger partial charge in [-0.3, -0.25) is 14.4 Å². The van der Waals surface area contributed by atoms with Crippen molar-refractivity contribution in [1.29, 1.82) is 0 Å². The Balaban J connectivity index is 3.90. The summed E-state index contributed by atoms with van der Waals surface area (Å²) in [5.74, 6) is -2.37. The summed E-state index contributed by atoms with van der Waals surface area (Å²) in [6.45, 7) is 7.42. The number of carbonyl (C=O) groups is 4. The minimum absolute atomic E-state index is 0.0295. The predicted molar refractivity (Wildman–Crippen MR) is 70.8 cm³/mol. The van der Waals surface area contributed by atoms with E-state index in [1.54, 1.807) is 0 Å². The molecule has 0 fully saturated rings. The summed E-state index contributed by atoms with van der Waals surface area (Å²) in [4.78, 5) is 44.7. The van der Waals surface area contributed by atoms with E-state index in [1.807, 2.05) is 0 Å². The highest BCUT2D eigenvalue weighted by Crippen LogP contribution is 2.10. The van der Waals surface area contributed by atoms with Crippen molar-refractivity contribution in [3.8, 4) is 0 Å². The molecule has 0 aliphatic heterocycles. The second-order valence-electron chi connectivity index (χ2n) is 4.45. The quantitative estimate of drug-likeness (QED) is 0.274. The summed E-state index contributed by atoms with van der Waals surface area (Å²) in [5, 5.41) is 0. The number of hydrogen-bond donors (Lipinski definition) is 0. The molecule has 0 radical (unpaired) electrons. The Morgan fingerprint density at radius 2 is 1.45 bits per heavy atom. The molecule has 6 heteroatoms. The van der Waals surface area contributed by atoms with Crippen LogP contribution in [0, 0.1) is 5.92 Å². The van der Waals surface area contributed by atoms with Crippen LogP contribution in [0.2, 0.25) is 0 Å². The minimum Gasteiger partial charge on any atom is -0.462 e. The van der Waals surface area contributed by atoms with Crippen LogP contribution in [0.3, 0.4) is 0 Å². The summed E-state index contributed by atoms with van der Waals surface area (Å²) >= 11 is 0. The third-order valence-corrected chi connectivity index (χ3v) is 2.55. The molecule has 0 aromatic carbocycles. The van der Waals surface area contributed by atoms with Gasteiger partial charge < -0.3 is 9.47 Å². The van der Waals surface area contributed by atoms with Gasteiger partial charge in [-0.25, -0.2) is 4.79 Å². The predicted octanol–water partition coefficient (Wildman–Crippen LogP) is 1.22. The lowest BCUT2D eigenvalue weighted by Crippen LogP contribution is -2.21. The van der Waals surface area contributed by atoms with Gasteiger partial charge in [0.05, 0.1) is 5.92 Å². The van der Waals surface area contributed by atoms with Crippen molar-refractivity contribution in [3.05, 3.63) is 12.2 Å². The molecule has 6 nitrogen and oxygen atoms in total. The van der Waals surface area contributed by atoms with Crippen molar-refractivity contribution in [2.24, 2.45) is 5.92 Å². The molecule has 0 aromatic heterocycles. The number of rotatable bonds is 9. The standard InChI is InChI=1S/C14H20O6/c1-9(2)14(18)20-8-7-19-13(17)6-5-12(10(3)15)11(4)16/h12H,1,5-8H2,2-4H3. The van der Waals surface area contributed by atoms with Gasteiger partial charge in [-0.05, 0) is 27.2 Å². The molecular weight excluding hydrogens is 264 g/mol. The maximum Gasteiger partial charge on any atom is 0.333 e. The van der Waals surface area contributed by atoms with E-state index in [-0.39, 0.29) is 43.2 Å². The lowest BCUT2D eigenvalue weighted by Gasteiger charge is -2.10. The molecule has 0 bridgehead atoms. The lowest BCUT2D eigenvalue weighted by molar-refractivity contribution is -0.150. The number of Topliss-reactive ketones (excluding diaryl/α,β-unsaturated/α-hetero) is 2. The van der Waals surface area contributed by atoms with Gasteiger partial charge in [0.2, 0.25) is 0 Å². The first-order valence-corrected chi connectivity index (χ1v) is 6.24. The Hall–Kier alpha value is -1.98. The van der Waals surface area contributed by atoms with Crippen molar-refractivity contribution in [2.45, 2.75) is 33.6 Å². The highest BCUT2D eigenvalue weighted by atomic mass is 16.6. The molecule has 20 heavy (non-hydrogen) atoms. The van der Waals surface area contributed by atoms with Crippen LogP contribution in [0.4, 0.5) is 0 Å². The molecule has 0 saturated carbocycles. The molecule has 0 amide bonds. The van der Waals surface area contributed by atoms with Crippen LogP contribution >= 0.6 is 0 Å². The molecule has 0 N–H and O–H groups in total. The summed E-state index contributed by atoms with van der Waals surface area (Å²) in [5.41, 5.74) is 0.266. The fraction of sp³-hybridized carbons (Fsp3) is 0.571. The lowest BCUT2D eigenvalue weighted by atomic mass is 9.95. The van der Waals surface area contributed by atoms with E-state index < -0.39 is 17.9 Å². The SMILES string of the molecule is C=C(C)C(=O)OCCOC(=O)CCC(C(C)=O)C(C)=O. The zero-order chi connectivity index (χ0) is 15.7. The van der Waals surface area contributed by atoms with Crippen LogP contribution in [-0.2, 0) is 28.7 Å². The van der Waals surface area contributed by atoms with E-state index in [0.29, 0.717) is 0 Å². The highest BCUT2D eigenvalue weighted by molar-refractivity contribution is 6.00. The Morgan fingerprint density at radius 1 is 0.950 bits per heavy atom. The topological polar surface area (TPSA) is 86.7 Å². The first kappa shape index (κ1) is 18.0. The molecule has 0 saturated heterocycles. The van der Waals surface area contributed by atoms with Gasteiger partial charge in [0.25, 0.3) is 0 Å². The molecule has 0 aliphatic carbocycles. The van der Waals surface area contributed by atoms with Crippen LogP contribution in [0.25, 0.3) is 0 Å². The van der Waals surface area contributed by atoms with E-state index in [4.69, 9.17) is 9.47 Å². The van der Waals surface area contributed by atoms with Crippen LogP contribution in [0.1, 0.15) is 33.6 Å². The third-order valence-electron chi connectivity index (χ3n) is 2.55. The maximum absolute atomic E-state index is 11.4. The van der Waals surface area contributed by atoms with E-state index in [9.17, 15) is 19.2 Å². The van der Waals surface area contributed by atoms with E-state index >= 15 is 0 Å². The van der Waals surface area contributed by atoms with Crippen LogP contribution in [-0.4, -0.2) is 36.7 Å². The summed E-state index contributed by atoms with van der Waals surface area (Å²) in [7, 11) is 0. The van der Waals surface area contributed by atoms with Gasteiger partial charge >= 0.3 is 11.9 Å². The molecule has 0 atom stereocenters. The Bertz CT molecular complexity index is 396. The van der Waals surface area contributed by atoms with E-state index in [1.165, 1.54) is 20.8 Å². The van der Waals surface area contributed by atoms with Crippen molar-refractivity contribution in [1.82, 2.24) is 0 Å². The molecule has 0 rings (SSSR count). The Kier molecular flexibility index (Phi) is 8.12. The minimum atomic E-state index is -0.760. The number of hydrogen-bond acceptors (Lipinski definition) is 6. The van der Waals surface area contributed by atoms with Crippen molar-refractivity contribution in [2.75, 3.05) is 13.2 Å². The van der Waals surface area contributed by atoms with E-state index in [0.717, 1.165) is 0 Å². The van der Waals surface area contributed by atoms with Gasteiger partial charge in [-0.1, -0.05) is 6.58 Å². The van der Waals surface area contributed by atoms with Crippen LogP contribution in [0.5, 0.6) is 0 Å². The van der Waals surface area contributed by atoms with Crippen molar-refractivity contribution < 1.29 is 28.7 Å². The van der Waals surface area contributed by atoms with Gasteiger partial charge in [0, 0.05) is 12.0 Å². The molecule has 0 aliphatic rings. The Labute approximate surface area is 118 Å². The second-order valence-corrected chi connectivity index (χ2v) is 4.45. The smallest absolute Gasteiger partial charge is 0.333 e. The molecule has 112 valence electrons. The maximum atomic E-state index is 11.4. The average molecular weight is 284 g/mol. The van der Waals surface area contributed by atoms with Gasteiger partial charge in [0.15, 0.2) is 0 Å². The largest absolute Gasteiger partial charge is 0.462 e. The second kappa shape index (κ2) is 9.01. The molecule has 0 aromatic rings. The van der Waals surface area contributed by atoms with Gasteiger partial charge in [-0.2, -0.15) is 0 Å². The molecule has 0 spiro atoms. The van der Waals surface area contributed by atoms with Crippen LogP contribution in [0.15, 0.2) is 12.2 Å². The fourth-order valence-corrected chi connectivity index (χ4v) is 1.44. The summed E-state index contributed by atoms with van der Waals surface area (Å²) in [6.07, 6.45) is 0.104. The Morgan fingerprint density at radius 3 is 1.90 bits per heavy atom. The molecular formula is C14H20O6. The van der Waals surface area contributed by atoms with E-state index in [2.05, 4.69) is 6.58 Å². The van der Waals surface area contributed by atoms with Crippen LogP contribution < -0.4 is 0 Å². The van der Waals surface area contributed by atoms with Gasteiger partial charge in [0.1, 0.15) is 24.8 Å². The number of ketones is 2. The normalized spacial score (nSPS) is 10.0. The fourth-order valence-electron chi connectivity index (χ4n) is 1.44. The van der Waals surface area contributed by atoms with Gasteiger partial charge in [-0.15, -0.1) is 0 Å². The zero-order valence-electron chi connectivity index (χ0n) is 12.1. The number of carbonyl (C=O) groups excluding carboxylic acids is 4. The molecule has 0 unspecified atom stereocenters. The first-order valence-electron chi connectivity index (χ1n) is 6.24. The summed E-state index contributed by atoms with van der Waals surface area (Å²) < 4.78 is 9.55. The van der Waals surface area contributed by atoms with Crippen molar-refractivity contribution >= 4 is 23.5 Å². The summed E-state index contributed by atoms with van der Waals surface area (Å²) in [6, 6.07) is 0. The molecule has 0 heterocycles. The average Bonchev–Trinajstić information content (AvgIpc) is 2.33.